The highest BCUT2D eigenvalue weighted by atomic mass is 127. The summed E-state index contributed by atoms with van der Waals surface area (Å²) >= 11 is 0. The predicted molar refractivity (Wildman–Crippen MR) is 129 cm³/mol. The minimum atomic E-state index is -0.570. The molecule has 1 aromatic rings. The topological polar surface area (TPSA) is 75.1 Å². The number of hydrogen-bond donors (Lipinski definition) is 3. The van der Waals surface area contributed by atoms with E-state index < -0.39 is 6.10 Å². The molecule has 1 unspecified atom stereocenters. The Kier molecular flexibility index (Phi) is 12.6. The summed E-state index contributed by atoms with van der Waals surface area (Å²) in [6.07, 6.45) is 1.98. The van der Waals surface area contributed by atoms with Crippen molar-refractivity contribution in [2.24, 2.45) is 16.8 Å². The van der Waals surface area contributed by atoms with Gasteiger partial charge >= 0.3 is 0 Å². The first kappa shape index (κ1) is 26.0. The lowest BCUT2D eigenvalue weighted by molar-refractivity contribution is 0.0280. The minimum Gasteiger partial charge on any atom is -0.493 e. The molecular formula is C22H38IN3O3. The summed E-state index contributed by atoms with van der Waals surface area (Å²) in [5.41, 5.74) is 2.26. The van der Waals surface area contributed by atoms with Gasteiger partial charge in [-0.2, -0.15) is 0 Å². The maximum atomic E-state index is 10.1. The minimum absolute atomic E-state index is 0. The number of halogens is 1. The van der Waals surface area contributed by atoms with Crippen LogP contribution in [0.25, 0.3) is 0 Å². The zero-order valence-corrected chi connectivity index (χ0v) is 20.6. The van der Waals surface area contributed by atoms with Crippen molar-refractivity contribution in [2.75, 3.05) is 32.9 Å². The van der Waals surface area contributed by atoms with Crippen LogP contribution in [0.2, 0.25) is 0 Å². The second-order valence-electron chi connectivity index (χ2n) is 8.03. The van der Waals surface area contributed by atoms with Gasteiger partial charge in [-0.1, -0.05) is 26.0 Å². The summed E-state index contributed by atoms with van der Waals surface area (Å²) in [5, 5.41) is 16.5. The van der Waals surface area contributed by atoms with Crippen LogP contribution in [0.5, 0.6) is 5.75 Å². The Balaban J connectivity index is 0.00000420. The number of rotatable bonds is 12. The fourth-order valence-electron chi connectivity index (χ4n) is 2.64. The monoisotopic (exact) mass is 519 g/mol. The third kappa shape index (κ3) is 11.1. The normalized spacial score (nSPS) is 15.0. The molecule has 0 aromatic heterocycles. The predicted octanol–water partition coefficient (Wildman–Crippen LogP) is 3.49. The maximum Gasteiger partial charge on any atom is 0.191 e. The Morgan fingerprint density at radius 3 is 2.66 bits per heavy atom. The van der Waals surface area contributed by atoms with Crippen LogP contribution in [0.3, 0.4) is 0 Å². The summed E-state index contributed by atoms with van der Waals surface area (Å²) < 4.78 is 11.5. The number of hydrogen-bond acceptors (Lipinski definition) is 4. The maximum absolute atomic E-state index is 10.1. The van der Waals surface area contributed by atoms with Gasteiger partial charge in [-0.05, 0) is 50.2 Å². The fraction of sp³-hybridized carbons (Fsp3) is 0.682. The molecule has 0 bridgehead atoms. The Morgan fingerprint density at radius 1 is 1.24 bits per heavy atom. The molecule has 1 saturated carbocycles. The van der Waals surface area contributed by atoms with Crippen LogP contribution in [0.4, 0.5) is 0 Å². The van der Waals surface area contributed by atoms with E-state index in [1.807, 2.05) is 6.92 Å². The zero-order valence-electron chi connectivity index (χ0n) is 18.2. The van der Waals surface area contributed by atoms with Crippen LogP contribution in [0.1, 0.15) is 44.7 Å². The number of ether oxygens (including phenoxy) is 2. The summed E-state index contributed by atoms with van der Waals surface area (Å²) in [6, 6.07) is 6.26. The third-order valence-corrected chi connectivity index (χ3v) is 4.41. The van der Waals surface area contributed by atoms with E-state index >= 15 is 0 Å². The van der Waals surface area contributed by atoms with Gasteiger partial charge in [-0.15, -0.1) is 24.0 Å². The van der Waals surface area contributed by atoms with Crippen LogP contribution in [0.15, 0.2) is 23.2 Å². The van der Waals surface area contributed by atoms with Gasteiger partial charge in [0.1, 0.15) is 5.75 Å². The van der Waals surface area contributed by atoms with Crippen LogP contribution in [-0.2, 0) is 11.3 Å². The highest BCUT2D eigenvalue weighted by Gasteiger charge is 2.22. The van der Waals surface area contributed by atoms with Gasteiger partial charge in [-0.25, -0.2) is 4.99 Å². The van der Waals surface area contributed by atoms with E-state index in [1.165, 1.54) is 18.4 Å². The molecule has 0 heterocycles. The smallest absolute Gasteiger partial charge is 0.191 e. The molecule has 0 spiro atoms. The van der Waals surface area contributed by atoms with Crippen molar-refractivity contribution in [1.82, 2.24) is 10.6 Å². The standard InChI is InChI=1S/C22H37N3O3.HI/c1-5-23-22(25-12-20(26)15-27-13-16(2)3)24-11-19-9-6-17(4)10-21(19)28-14-18-7-8-18;/h6,9-10,16,18,20,26H,5,7-8,11-15H2,1-4H3,(H2,23,24,25);1H. The molecule has 7 heteroatoms. The first-order valence-electron chi connectivity index (χ1n) is 10.5. The third-order valence-electron chi connectivity index (χ3n) is 4.41. The molecule has 1 aromatic carbocycles. The van der Waals surface area contributed by atoms with E-state index in [9.17, 15) is 5.11 Å². The second-order valence-corrected chi connectivity index (χ2v) is 8.03. The van der Waals surface area contributed by atoms with Crippen molar-refractivity contribution < 1.29 is 14.6 Å². The van der Waals surface area contributed by atoms with Crippen molar-refractivity contribution in [3.05, 3.63) is 29.3 Å². The average molecular weight is 519 g/mol. The van der Waals surface area contributed by atoms with Crippen molar-refractivity contribution in [1.29, 1.82) is 0 Å². The van der Waals surface area contributed by atoms with Gasteiger partial charge in [0.25, 0.3) is 0 Å². The zero-order chi connectivity index (χ0) is 20.4. The molecule has 6 nitrogen and oxygen atoms in total. The number of aryl methyl sites for hydroxylation is 1. The molecule has 166 valence electrons. The van der Waals surface area contributed by atoms with E-state index in [0.29, 0.717) is 38.2 Å². The summed E-state index contributed by atoms with van der Waals surface area (Å²) in [5.74, 6) is 2.79. The largest absolute Gasteiger partial charge is 0.493 e. The van der Waals surface area contributed by atoms with Crippen LogP contribution in [0, 0.1) is 18.8 Å². The highest BCUT2D eigenvalue weighted by Crippen LogP contribution is 2.30. The fourth-order valence-corrected chi connectivity index (χ4v) is 2.64. The van der Waals surface area contributed by atoms with Gasteiger partial charge in [0, 0.05) is 25.3 Å². The van der Waals surface area contributed by atoms with Gasteiger partial charge < -0.3 is 25.2 Å². The molecule has 1 aliphatic carbocycles. The van der Waals surface area contributed by atoms with E-state index in [2.05, 4.69) is 54.6 Å². The number of guanidine groups is 1. The van der Waals surface area contributed by atoms with Gasteiger partial charge in [0.05, 0.1) is 25.9 Å². The molecule has 0 saturated heterocycles. The van der Waals surface area contributed by atoms with Gasteiger partial charge in [-0.3, -0.25) is 0 Å². The van der Waals surface area contributed by atoms with E-state index in [-0.39, 0.29) is 24.0 Å². The number of nitrogens with zero attached hydrogens (tertiary/aromatic N) is 1. The van der Waals surface area contributed by atoms with Gasteiger partial charge in [0.15, 0.2) is 5.96 Å². The lowest BCUT2D eigenvalue weighted by atomic mass is 10.1. The molecule has 29 heavy (non-hydrogen) atoms. The Morgan fingerprint density at radius 2 is 2.00 bits per heavy atom. The molecule has 1 aliphatic rings. The van der Waals surface area contributed by atoms with Crippen molar-refractivity contribution in [2.45, 2.75) is 53.2 Å². The summed E-state index contributed by atoms with van der Waals surface area (Å²) in [7, 11) is 0. The highest BCUT2D eigenvalue weighted by molar-refractivity contribution is 14.0. The Bertz CT molecular complexity index is 621. The van der Waals surface area contributed by atoms with Crippen LogP contribution in [-0.4, -0.2) is 50.1 Å². The lowest BCUT2D eigenvalue weighted by Gasteiger charge is -2.16. The number of nitrogens with one attached hydrogen (secondary N) is 2. The first-order chi connectivity index (χ1) is 13.5. The SMILES string of the molecule is CCNC(=NCc1ccc(C)cc1OCC1CC1)NCC(O)COCC(C)C.I. The summed E-state index contributed by atoms with van der Waals surface area (Å²) in [6.45, 7) is 11.7. The van der Waals surface area contributed by atoms with Gasteiger partial charge in [0.2, 0.25) is 0 Å². The number of aliphatic imine (C=N–C) groups is 1. The lowest BCUT2D eigenvalue weighted by Crippen LogP contribution is -2.42. The van der Waals surface area contributed by atoms with Crippen molar-refractivity contribution >= 4 is 29.9 Å². The quantitative estimate of drug-likeness (QED) is 0.224. The molecule has 0 radical (unpaired) electrons. The molecule has 0 aliphatic heterocycles. The summed E-state index contributed by atoms with van der Waals surface area (Å²) in [4.78, 5) is 4.66. The molecule has 1 fully saturated rings. The van der Waals surface area contributed by atoms with Crippen molar-refractivity contribution in [3.8, 4) is 5.75 Å². The van der Waals surface area contributed by atoms with E-state index in [1.54, 1.807) is 0 Å². The average Bonchev–Trinajstić information content (AvgIpc) is 3.47. The Hall–Kier alpha value is -1.06. The van der Waals surface area contributed by atoms with Crippen LogP contribution < -0.4 is 15.4 Å². The number of aliphatic hydroxyl groups is 1. The number of benzene rings is 1. The molecule has 2 rings (SSSR count). The molecule has 0 amide bonds. The number of aliphatic hydroxyl groups excluding tert-OH is 1. The second kappa shape index (κ2) is 14.0. The molecular weight excluding hydrogens is 481 g/mol. The van der Waals surface area contributed by atoms with E-state index in [0.717, 1.165) is 30.4 Å². The Labute approximate surface area is 192 Å². The molecule has 1 atom stereocenters. The van der Waals surface area contributed by atoms with Crippen LogP contribution >= 0.6 is 24.0 Å². The van der Waals surface area contributed by atoms with Crippen molar-refractivity contribution in [3.63, 3.8) is 0 Å². The molecule has 3 N–H and O–H groups in total. The van der Waals surface area contributed by atoms with E-state index in [4.69, 9.17) is 9.47 Å². The first-order valence-corrected chi connectivity index (χ1v) is 10.5.